The van der Waals surface area contributed by atoms with Gasteiger partial charge in [0.1, 0.15) is 0 Å². The topological polar surface area (TPSA) is 26.7 Å². The number of hydrogen-bond donors (Lipinski definition) is 1. The van der Waals surface area contributed by atoms with Gasteiger partial charge < -0.3 is 10.0 Å². The van der Waals surface area contributed by atoms with Crippen LogP contribution < -0.4 is 0 Å². The Labute approximate surface area is 158 Å². The van der Waals surface area contributed by atoms with E-state index in [1.165, 1.54) is 66.3 Å². The Morgan fingerprint density at radius 2 is 1.46 bits per heavy atom. The monoisotopic (exact) mass is 372 g/mol. The Kier molecular flexibility index (Phi) is 6.98. The molecule has 1 fully saturated rings. The molecule has 0 aromatic heterocycles. The molecular weight excluding hydrogens is 343 g/mol. The number of fused-ring (bicyclic) bond motifs is 2. The second-order valence-corrected chi connectivity index (χ2v) is 7.39. The molecule has 136 valence electrons. The second-order valence-electron chi connectivity index (χ2n) is 7.39. The first-order valence-corrected chi connectivity index (χ1v) is 8.98. The van der Waals surface area contributed by atoms with Gasteiger partial charge in [0.25, 0.3) is 0 Å². The van der Waals surface area contributed by atoms with Crippen molar-refractivity contribution in [2.24, 2.45) is 0 Å². The zero-order valence-electron chi connectivity index (χ0n) is 14.6. The summed E-state index contributed by atoms with van der Waals surface area (Å²) in [6.07, 6.45) is 7.05. The number of nitrogens with zero attached hydrogens (tertiary/aromatic N) is 2. The largest absolute Gasteiger partial charge is 0.387 e. The Morgan fingerprint density at radius 1 is 0.917 bits per heavy atom. The lowest BCUT2D eigenvalue weighted by Gasteiger charge is -2.34. The lowest BCUT2D eigenvalue weighted by atomic mass is 9.90. The fourth-order valence-electron chi connectivity index (χ4n) is 4.63. The third-order valence-electron chi connectivity index (χ3n) is 5.88. The maximum atomic E-state index is 11.0. The predicted octanol–water partition coefficient (Wildman–Crippen LogP) is 2.79. The number of benzene rings is 1. The van der Waals surface area contributed by atoms with Crippen molar-refractivity contribution in [3.05, 3.63) is 33.9 Å². The van der Waals surface area contributed by atoms with Gasteiger partial charge in [-0.1, -0.05) is 6.07 Å². The summed E-state index contributed by atoms with van der Waals surface area (Å²) in [5.41, 5.74) is 7.41. The van der Waals surface area contributed by atoms with Crippen molar-refractivity contribution in [2.75, 3.05) is 39.8 Å². The molecule has 24 heavy (non-hydrogen) atoms. The summed E-state index contributed by atoms with van der Waals surface area (Å²) in [6.45, 7) is 5.24. The summed E-state index contributed by atoms with van der Waals surface area (Å²) >= 11 is 0. The SMILES string of the molecule is CN1CCN(CC(O)c2c3c(cc4c2CCC4)CCC3)CC1.Cl.Cl. The molecule has 2 aliphatic carbocycles. The van der Waals surface area contributed by atoms with Crippen LogP contribution in [0.3, 0.4) is 0 Å². The van der Waals surface area contributed by atoms with Crippen LogP contribution >= 0.6 is 24.8 Å². The average molecular weight is 373 g/mol. The summed E-state index contributed by atoms with van der Waals surface area (Å²) in [5.74, 6) is 0. The maximum Gasteiger partial charge on any atom is 0.0922 e. The molecule has 5 heteroatoms. The first-order valence-electron chi connectivity index (χ1n) is 8.98. The van der Waals surface area contributed by atoms with Crippen molar-refractivity contribution in [1.29, 1.82) is 0 Å². The Balaban J connectivity index is 0.00000104. The van der Waals surface area contributed by atoms with Gasteiger partial charge in [0.15, 0.2) is 0 Å². The van der Waals surface area contributed by atoms with Crippen molar-refractivity contribution in [3.8, 4) is 0 Å². The highest BCUT2D eigenvalue weighted by molar-refractivity contribution is 5.85. The van der Waals surface area contributed by atoms with E-state index in [1.807, 2.05) is 0 Å². The number of aryl methyl sites for hydroxylation is 2. The molecule has 1 saturated heterocycles. The Bertz CT molecular complexity index is 539. The van der Waals surface area contributed by atoms with E-state index >= 15 is 0 Å². The molecule has 0 spiro atoms. The lowest BCUT2D eigenvalue weighted by Crippen LogP contribution is -2.45. The van der Waals surface area contributed by atoms with Crippen LogP contribution in [0.25, 0.3) is 0 Å². The van der Waals surface area contributed by atoms with E-state index in [0.717, 1.165) is 32.7 Å². The molecule has 1 atom stereocenters. The smallest absolute Gasteiger partial charge is 0.0922 e. The maximum absolute atomic E-state index is 11.0. The molecule has 1 heterocycles. The lowest BCUT2D eigenvalue weighted by molar-refractivity contribution is 0.0797. The van der Waals surface area contributed by atoms with Crippen LogP contribution in [0.5, 0.6) is 0 Å². The number of β-amino-alcohol motifs (C(OH)–C–C–N with tert-alkyl or cyclic N) is 1. The molecule has 1 aromatic rings. The van der Waals surface area contributed by atoms with Gasteiger partial charge in [0, 0.05) is 32.7 Å². The van der Waals surface area contributed by atoms with E-state index < -0.39 is 0 Å². The highest BCUT2D eigenvalue weighted by atomic mass is 35.5. The summed E-state index contributed by atoms with van der Waals surface area (Å²) in [5, 5.41) is 11.0. The van der Waals surface area contributed by atoms with Crippen LogP contribution in [0.2, 0.25) is 0 Å². The Hall–Kier alpha value is -0.320. The first kappa shape index (κ1) is 20.0. The number of rotatable bonds is 3. The minimum Gasteiger partial charge on any atom is -0.387 e. The summed E-state index contributed by atoms with van der Waals surface area (Å²) in [4.78, 5) is 4.82. The van der Waals surface area contributed by atoms with Gasteiger partial charge >= 0.3 is 0 Å². The van der Waals surface area contributed by atoms with Crippen molar-refractivity contribution >= 4 is 24.8 Å². The van der Waals surface area contributed by atoms with E-state index in [4.69, 9.17) is 0 Å². The van der Waals surface area contributed by atoms with Crippen molar-refractivity contribution in [2.45, 2.75) is 44.6 Å². The van der Waals surface area contributed by atoms with Crippen LogP contribution in [0.4, 0.5) is 0 Å². The average Bonchev–Trinajstić information content (AvgIpc) is 3.15. The van der Waals surface area contributed by atoms with Gasteiger partial charge in [-0.25, -0.2) is 0 Å². The van der Waals surface area contributed by atoms with E-state index in [1.54, 1.807) is 0 Å². The van der Waals surface area contributed by atoms with E-state index in [0.29, 0.717) is 0 Å². The van der Waals surface area contributed by atoms with Gasteiger partial charge in [0.2, 0.25) is 0 Å². The fraction of sp³-hybridized carbons (Fsp3) is 0.684. The molecule has 3 nitrogen and oxygen atoms in total. The number of aliphatic hydroxyl groups excluding tert-OH is 1. The van der Waals surface area contributed by atoms with Crippen molar-refractivity contribution < 1.29 is 5.11 Å². The fourth-order valence-corrected chi connectivity index (χ4v) is 4.63. The third-order valence-corrected chi connectivity index (χ3v) is 5.88. The van der Waals surface area contributed by atoms with Crippen LogP contribution in [0.15, 0.2) is 6.07 Å². The van der Waals surface area contributed by atoms with E-state index in [-0.39, 0.29) is 30.9 Å². The molecular formula is C19H30Cl2N2O. The zero-order valence-corrected chi connectivity index (χ0v) is 16.2. The normalized spacial score (nSPS) is 21.6. The van der Waals surface area contributed by atoms with Gasteiger partial charge in [-0.3, -0.25) is 4.90 Å². The number of piperazine rings is 1. The van der Waals surface area contributed by atoms with Crippen molar-refractivity contribution in [3.63, 3.8) is 0 Å². The van der Waals surface area contributed by atoms with Gasteiger partial charge in [0.05, 0.1) is 6.10 Å². The van der Waals surface area contributed by atoms with E-state index in [9.17, 15) is 5.11 Å². The summed E-state index contributed by atoms with van der Waals surface area (Å²) in [7, 11) is 2.19. The Morgan fingerprint density at radius 3 is 2.00 bits per heavy atom. The molecule has 0 bridgehead atoms. The number of halogens is 2. The van der Waals surface area contributed by atoms with Gasteiger partial charge in [-0.15, -0.1) is 24.8 Å². The third kappa shape index (κ3) is 3.76. The molecule has 3 aliphatic rings. The highest BCUT2D eigenvalue weighted by Gasteiger charge is 2.28. The quantitative estimate of drug-likeness (QED) is 0.883. The number of hydrogen-bond acceptors (Lipinski definition) is 3. The molecule has 1 aromatic carbocycles. The number of likely N-dealkylation sites (N-methyl/N-ethyl adjacent to an activating group) is 1. The zero-order chi connectivity index (χ0) is 15.1. The molecule has 0 radical (unpaired) electrons. The van der Waals surface area contributed by atoms with Gasteiger partial charge in [-0.05, 0) is 73.4 Å². The predicted molar refractivity (Wildman–Crippen MR) is 104 cm³/mol. The van der Waals surface area contributed by atoms with Crippen LogP contribution in [0.1, 0.15) is 46.8 Å². The molecule has 1 N–H and O–H groups in total. The van der Waals surface area contributed by atoms with Crippen molar-refractivity contribution in [1.82, 2.24) is 9.80 Å². The first-order chi connectivity index (χ1) is 10.7. The van der Waals surface area contributed by atoms with Crippen LogP contribution in [-0.2, 0) is 25.7 Å². The second kappa shape index (κ2) is 8.37. The van der Waals surface area contributed by atoms with Gasteiger partial charge in [-0.2, -0.15) is 0 Å². The minimum absolute atomic E-state index is 0. The van der Waals surface area contributed by atoms with E-state index in [2.05, 4.69) is 22.9 Å². The molecule has 0 amide bonds. The molecule has 0 saturated carbocycles. The standard InChI is InChI=1S/C19H28N2O.2ClH/c1-20-8-10-21(11-9-20)13-18(22)19-16-6-2-4-14(16)12-15-5-3-7-17(15)19;;/h12,18,22H,2-11,13H2,1H3;2*1H. The highest BCUT2D eigenvalue weighted by Crippen LogP contribution is 2.38. The van der Waals surface area contributed by atoms with Crippen LogP contribution in [-0.4, -0.2) is 54.7 Å². The molecule has 1 aliphatic heterocycles. The van der Waals surface area contributed by atoms with Crippen LogP contribution in [0, 0.1) is 0 Å². The molecule has 1 unspecified atom stereocenters. The minimum atomic E-state index is -0.289. The number of aliphatic hydroxyl groups is 1. The summed E-state index contributed by atoms with van der Waals surface area (Å²) < 4.78 is 0. The summed E-state index contributed by atoms with van der Waals surface area (Å²) in [6, 6.07) is 2.46. The molecule has 4 rings (SSSR count).